The molecule has 0 saturated heterocycles. The first-order chi connectivity index (χ1) is 35.0. The lowest BCUT2D eigenvalue weighted by molar-refractivity contribution is 0.0464. The molecule has 2 aromatic heterocycles. The predicted octanol–water partition coefficient (Wildman–Crippen LogP) is 11.6. The van der Waals surface area contributed by atoms with Crippen LogP contribution in [0.25, 0.3) is 33.9 Å². The molecular weight excluding hydrogens is 951 g/mol. The van der Waals surface area contributed by atoms with Gasteiger partial charge in [-0.05, 0) is 92.0 Å². The van der Waals surface area contributed by atoms with E-state index in [2.05, 4.69) is 85.7 Å². The fourth-order valence-corrected chi connectivity index (χ4v) is 7.29. The molecular formula is C57H50BBrN8O4. The second kappa shape index (κ2) is 26.8. The molecule has 0 spiro atoms. The number of aromatic nitrogens is 8. The Morgan fingerprint density at radius 2 is 0.817 bits per heavy atom. The molecule has 2 heterocycles. The number of hydrogen-bond donors (Lipinski definition) is 0. The molecule has 0 unspecified atom stereocenters. The van der Waals surface area contributed by atoms with Crippen molar-refractivity contribution in [3.63, 3.8) is 0 Å². The van der Waals surface area contributed by atoms with Crippen LogP contribution >= 0.6 is 15.9 Å². The second-order valence-corrected chi connectivity index (χ2v) is 16.3. The maximum absolute atomic E-state index is 12.2. The molecule has 0 atom stereocenters. The van der Waals surface area contributed by atoms with Gasteiger partial charge < -0.3 is 9.47 Å². The Morgan fingerprint density at radius 1 is 0.437 bits per heavy atom. The number of rotatable bonds is 13. The number of nitrogens with zero attached hydrogens (tertiary/aromatic N) is 8. The van der Waals surface area contributed by atoms with Crippen molar-refractivity contribution in [1.29, 1.82) is 1.34 Å². The molecule has 2 radical (unpaired) electrons. The van der Waals surface area contributed by atoms with Gasteiger partial charge in [0.05, 0.1) is 24.2 Å². The zero-order chi connectivity index (χ0) is 49.5. The first-order valence-electron chi connectivity index (χ1n) is 22.6. The maximum atomic E-state index is 12.2. The van der Waals surface area contributed by atoms with Crippen LogP contribution in [0.1, 0.15) is 50.4 Å². The highest BCUT2D eigenvalue weighted by atomic mass is 79.9. The zero-order valence-corrected chi connectivity index (χ0v) is 39.4. The molecule has 10 aromatic rings. The van der Waals surface area contributed by atoms with Crippen molar-refractivity contribution in [1.82, 2.24) is 40.4 Å². The number of carbonyl (C=O) groups excluding carboxylic acids is 2. The van der Waals surface area contributed by atoms with Crippen LogP contribution in [-0.2, 0) is 35.8 Å². The normalized spacial score (nSPS) is 10.2. The van der Waals surface area contributed by atoms with Crippen molar-refractivity contribution >= 4 is 36.2 Å². The minimum atomic E-state index is -0.333. The molecule has 8 aromatic carbocycles. The molecule has 10 rings (SSSR count). The lowest BCUT2D eigenvalue weighted by Crippen LogP contribution is -2.05. The van der Waals surface area contributed by atoms with Gasteiger partial charge in [0.1, 0.15) is 13.2 Å². The number of tetrazole rings is 2. The van der Waals surface area contributed by atoms with E-state index in [4.69, 9.17) is 10.8 Å². The lowest BCUT2D eigenvalue weighted by Gasteiger charge is -2.11. The summed E-state index contributed by atoms with van der Waals surface area (Å²) in [5.74, 6) is 0.869. The van der Waals surface area contributed by atoms with E-state index >= 15 is 0 Å². The van der Waals surface area contributed by atoms with Gasteiger partial charge in [0.15, 0.2) is 11.6 Å². The van der Waals surface area contributed by atoms with Gasteiger partial charge in [-0.25, -0.2) is 19.0 Å². The second-order valence-electron chi connectivity index (χ2n) is 15.4. The summed E-state index contributed by atoms with van der Waals surface area (Å²) >= 11 is 3.35. The Bertz CT molecular complexity index is 3150. The van der Waals surface area contributed by atoms with Gasteiger partial charge in [0.2, 0.25) is 0 Å². The molecule has 0 aliphatic heterocycles. The molecule has 0 bridgehead atoms. The van der Waals surface area contributed by atoms with Crippen molar-refractivity contribution in [3.8, 4) is 33.9 Å². The average molecular weight is 1000 g/mol. The predicted molar refractivity (Wildman–Crippen MR) is 282 cm³/mol. The first-order valence-corrected chi connectivity index (χ1v) is 22.8. The summed E-state index contributed by atoms with van der Waals surface area (Å²) in [6, 6.07) is 71.9. The van der Waals surface area contributed by atoms with E-state index in [0.29, 0.717) is 36.6 Å². The molecule has 0 N–H and O–H groups in total. The standard InChI is InChI=1S/C28H22N4O2.C14H11BrO2.C14H12N4.CH4.BH/c33-28(24-11-5-2-6-12-24)34-20-22-15-17-23(18-16-22)25-13-7-8-14-26(25)27-29-30-31-32(27)19-21-9-3-1-4-10-21;15-13-8-6-11(7-9-13)10-17-14(16)12-4-2-1-3-5-12;1-3-7-12(8-4-1)11-18-14(15-16-17-18)13-9-5-2-6-10-13;;/h1-18H,19-20H2;1-9H,10H2;1-10H,11H2;1H4;1H/i;;;;1T. The molecule has 14 heteroatoms. The van der Waals surface area contributed by atoms with Crippen LogP contribution in [0.2, 0.25) is 0 Å². The van der Waals surface area contributed by atoms with Crippen molar-refractivity contribution < 1.29 is 19.1 Å². The van der Waals surface area contributed by atoms with Crippen LogP contribution in [0.15, 0.2) is 229 Å². The van der Waals surface area contributed by atoms with Crippen LogP contribution in [0, 0.1) is 0 Å². The third kappa shape index (κ3) is 14.9. The van der Waals surface area contributed by atoms with Gasteiger partial charge in [-0.1, -0.05) is 211 Å². The van der Waals surface area contributed by atoms with Crippen molar-refractivity contribution in [2.24, 2.45) is 0 Å². The van der Waals surface area contributed by atoms with Gasteiger partial charge in [0, 0.05) is 24.0 Å². The van der Waals surface area contributed by atoms with Crippen LogP contribution < -0.4 is 0 Å². The molecule has 0 amide bonds. The zero-order valence-electron chi connectivity index (χ0n) is 38.9. The summed E-state index contributed by atoms with van der Waals surface area (Å²) in [7, 11) is 3.75. The molecule has 71 heavy (non-hydrogen) atoms. The van der Waals surface area contributed by atoms with E-state index in [1.54, 1.807) is 24.3 Å². The number of carbonyl (C=O) groups is 2. The molecule has 0 aliphatic carbocycles. The number of benzene rings is 8. The summed E-state index contributed by atoms with van der Waals surface area (Å²) in [5.41, 5.74) is 9.35. The summed E-state index contributed by atoms with van der Waals surface area (Å²) in [4.78, 5) is 23.9. The van der Waals surface area contributed by atoms with Crippen LogP contribution in [0.3, 0.4) is 0 Å². The summed E-state index contributed by atoms with van der Waals surface area (Å²) in [5, 5.41) is 24.3. The minimum Gasteiger partial charge on any atom is -0.457 e. The van der Waals surface area contributed by atoms with E-state index in [-0.39, 0.29) is 26.0 Å². The summed E-state index contributed by atoms with van der Waals surface area (Å²) in [6.07, 6.45) is 0. The Balaban J connectivity index is 0.000000188. The summed E-state index contributed by atoms with van der Waals surface area (Å²) in [6.45, 7) is 1.77. The maximum Gasteiger partial charge on any atom is 0.338 e. The molecule has 0 fully saturated rings. The van der Waals surface area contributed by atoms with Crippen LogP contribution in [0.4, 0.5) is 0 Å². The Morgan fingerprint density at radius 3 is 1.30 bits per heavy atom. The number of hydrogen-bond acceptors (Lipinski definition) is 10. The third-order valence-electron chi connectivity index (χ3n) is 10.6. The largest absolute Gasteiger partial charge is 0.457 e. The highest BCUT2D eigenvalue weighted by molar-refractivity contribution is 9.10. The van der Waals surface area contributed by atoms with Gasteiger partial charge in [-0.3, -0.25) is 0 Å². The SMILES string of the molecule is C.O=C(OCc1ccc(-c2ccccc2-c2nnnn2Cc2ccccc2)cc1)c1ccccc1.O=C(OCc1ccc(Br)cc1)c1ccccc1.[3H][B].c1ccc(Cn2nnnc2-c2ccccc2)cc1. The monoisotopic (exact) mass is 1000 g/mol. The molecule has 0 aliphatic rings. The van der Waals surface area contributed by atoms with Gasteiger partial charge >= 0.3 is 11.9 Å². The Labute approximate surface area is 425 Å². The fraction of sp³-hybridized carbons (Fsp3) is 0.0877. The highest BCUT2D eigenvalue weighted by Crippen LogP contribution is 2.31. The van der Waals surface area contributed by atoms with Crippen molar-refractivity contribution in [2.75, 3.05) is 0 Å². The Hall–Kier alpha value is -8.62. The van der Waals surface area contributed by atoms with Crippen LogP contribution in [-0.4, -0.2) is 62.1 Å². The fourth-order valence-electron chi connectivity index (χ4n) is 7.03. The van der Waals surface area contributed by atoms with E-state index in [1.165, 1.54) is 5.56 Å². The van der Waals surface area contributed by atoms with Gasteiger partial charge in [-0.15, -0.1) is 10.2 Å². The molecule has 0 saturated carbocycles. The number of ether oxygens (including phenoxy) is 2. The summed E-state index contributed by atoms with van der Waals surface area (Å²) < 4.78 is 20.5. The quantitative estimate of drug-likeness (QED) is 0.0810. The Kier molecular flexibility index (Phi) is 19.0. The molecule has 352 valence electrons. The number of halogens is 1. The van der Waals surface area contributed by atoms with Gasteiger partial charge in [0.25, 0.3) is 0 Å². The first kappa shape index (κ1) is 50.3. The van der Waals surface area contributed by atoms with Crippen LogP contribution in [0.5, 0.6) is 0 Å². The minimum absolute atomic E-state index is 0. The lowest BCUT2D eigenvalue weighted by atomic mass is 9.98. The third-order valence-corrected chi connectivity index (χ3v) is 11.1. The van der Waals surface area contributed by atoms with E-state index < -0.39 is 0 Å². The average Bonchev–Trinajstić information content (AvgIpc) is 4.12. The van der Waals surface area contributed by atoms with E-state index in [1.807, 2.05) is 179 Å². The molecule has 12 nitrogen and oxygen atoms in total. The van der Waals surface area contributed by atoms with E-state index in [0.717, 1.165) is 49.2 Å². The van der Waals surface area contributed by atoms with E-state index in [9.17, 15) is 9.59 Å². The van der Waals surface area contributed by atoms with Gasteiger partial charge in [-0.2, -0.15) is 0 Å². The smallest absolute Gasteiger partial charge is 0.338 e. The topological polar surface area (TPSA) is 140 Å². The highest BCUT2D eigenvalue weighted by Gasteiger charge is 2.15. The number of esters is 2. The van der Waals surface area contributed by atoms with Crippen molar-refractivity contribution in [3.05, 3.63) is 262 Å². The van der Waals surface area contributed by atoms with Crippen molar-refractivity contribution in [2.45, 2.75) is 33.7 Å².